The summed E-state index contributed by atoms with van der Waals surface area (Å²) >= 11 is 1.53. The van der Waals surface area contributed by atoms with E-state index in [4.69, 9.17) is 14.7 Å². The molecular formula is C20H20N4O4S. The van der Waals surface area contributed by atoms with E-state index in [2.05, 4.69) is 16.4 Å². The molecule has 29 heavy (non-hydrogen) atoms. The first-order valence-electron chi connectivity index (χ1n) is 9.30. The summed E-state index contributed by atoms with van der Waals surface area (Å²) in [5.41, 5.74) is 2.04. The van der Waals surface area contributed by atoms with E-state index >= 15 is 0 Å². The fourth-order valence-electron chi connectivity index (χ4n) is 3.39. The Labute approximate surface area is 172 Å². The summed E-state index contributed by atoms with van der Waals surface area (Å²) in [4.78, 5) is 31.0. The Morgan fingerprint density at radius 1 is 1.34 bits per heavy atom. The SMILES string of the molecule is N#C[C@@H]1CSCN1C(=O)CNC(=O)c1ccnc2ccc([C@H]3COCCO3)cc12. The maximum absolute atomic E-state index is 12.8. The minimum absolute atomic E-state index is 0.152. The molecule has 0 bridgehead atoms. The maximum Gasteiger partial charge on any atom is 0.252 e. The molecule has 2 aromatic rings. The van der Waals surface area contributed by atoms with Crippen LogP contribution in [0.1, 0.15) is 22.0 Å². The summed E-state index contributed by atoms with van der Waals surface area (Å²) in [5, 5.41) is 12.5. The van der Waals surface area contributed by atoms with Crippen LogP contribution in [0.4, 0.5) is 0 Å². The third-order valence-electron chi connectivity index (χ3n) is 4.95. The van der Waals surface area contributed by atoms with Gasteiger partial charge in [-0.25, -0.2) is 0 Å². The Morgan fingerprint density at radius 3 is 3.03 bits per heavy atom. The molecule has 0 aliphatic carbocycles. The van der Waals surface area contributed by atoms with Crippen LogP contribution in [0.25, 0.3) is 10.9 Å². The fourth-order valence-corrected chi connectivity index (χ4v) is 4.49. The number of rotatable bonds is 4. The molecule has 2 amide bonds. The summed E-state index contributed by atoms with van der Waals surface area (Å²) in [5.74, 6) is 0.449. The zero-order valence-electron chi connectivity index (χ0n) is 15.7. The van der Waals surface area contributed by atoms with Crippen LogP contribution in [0, 0.1) is 11.3 Å². The van der Waals surface area contributed by atoms with Gasteiger partial charge in [-0.15, -0.1) is 11.8 Å². The second-order valence-electron chi connectivity index (χ2n) is 6.76. The Morgan fingerprint density at radius 2 is 2.24 bits per heavy atom. The molecule has 8 nitrogen and oxygen atoms in total. The smallest absolute Gasteiger partial charge is 0.252 e. The molecule has 4 rings (SSSR count). The number of amides is 2. The van der Waals surface area contributed by atoms with Gasteiger partial charge in [0.1, 0.15) is 12.1 Å². The van der Waals surface area contributed by atoms with Crippen molar-refractivity contribution in [3.05, 3.63) is 41.6 Å². The minimum atomic E-state index is -0.438. The van der Waals surface area contributed by atoms with Crippen LogP contribution in [0.5, 0.6) is 0 Å². The van der Waals surface area contributed by atoms with Crippen LogP contribution in [-0.4, -0.2) is 65.7 Å². The highest BCUT2D eigenvalue weighted by atomic mass is 32.2. The second kappa shape index (κ2) is 8.78. The van der Waals surface area contributed by atoms with Crippen LogP contribution in [0.3, 0.4) is 0 Å². The predicted molar refractivity (Wildman–Crippen MR) is 107 cm³/mol. The van der Waals surface area contributed by atoms with Crippen molar-refractivity contribution in [1.29, 1.82) is 5.26 Å². The van der Waals surface area contributed by atoms with Crippen molar-refractivity contribution < 1.29 is 19.1 Å². The molecule has 2 aliphatic heterocycles. The van der Waals surface area contributed by atoms with Crippen molar-refractivity contribution >= 4 is 34.5 Å². The van der Waals surface area contributed by atoms with E-state index < -0.39 is 6.04 Å². The number of nitrogens with one attached hydrogen (secondary N) is 1. The quantitative estimate of drug-likeness (QED) is 0.811. The minimum Gasteiger partial charge on any atom is -0.376 e. The Bertz CT molecular complexity index is 971. The first kappa shape index (κ1) is 19.6. The molecule has 0 radical (unpaired) electrons. The number of carbonyl (C=O) groups excluding carboxylic acids is 2. The highest BCUT2D eigenvalue weighted by Crippen LogP contribution is 2.26. The summed E-state index contributed by atoms with van der Waals surface area (Å²) in [6.07, 6.45) is 1.39. The largest absolute Gasteiger partial charge is 0.376 e. The molecular weight excluding hydrogens is 392 g/mol. The lowest BCUT2D eigenvalue weighted by atomic mass is 10.0. The molecule has 2 aliphatic rings. The van der Waals surface area contributed by atoms with Crippen molar-refractivity contribution in [1.82, 2.24) is 15.2 Å². The number of ether oxygens (including phenoxy) is 2. The molecule has 2 fully saturated rings. The number of pyridine rings is 1. The molecule has 0 saturated carbocycles. The monoisotopic (exact) mass is 412 g/mol. The average Bonchev–Trinajstić information content (AvgIpc) is 3.26. The van der Waals surface area contributed by atoms with Crippen LogP contribution in [-0.2, 0) is 14.3 Å². The van der Waals surface area contributed by atoms with Crippen LogP contribution < -0.4 is 5.32 Å². The van der Waals surface area contributed by atoms with E-state index in [-0.39, 0.29) is 24.5 Å². The summed E-state index contributed by atoms with van der Waals surface area (Å²) < 4.78 is 11.2. The Kier molecular flexibility index (Phi) is 5.94. The Hall–Kier alpha value is -2.67. The van der Waals surface area contributed by atoms with Crippen molar-refractivity contribution in [2.24, 2.45) is 0 Å². The average molecular weight is 412 g/mol. The third kappa shape index (κ3) is 4.19. The van der Waals surface area contributed by atoms with Crippen molar-refractivity contribution in [3.8, 4) is 6.07 Å². The molecule has 1 N–H and O–H groups in total. The van der Waals surface area contributed by atoms with E-state index in [1.54, 1.807) is 12.3 Å². The molecule has 0 unspecified atom stereocenters. The number of nitriles is 1. The maximum atomic E-state index is 12.8. The number of nitrogens with zero attached hydrogens (tertiary/aromatic N) is 3. The number of hydrogen-bond acceptors (Lipinski definition) is 7. The van der Waals surface area contributed by atoms with Gasteiger partial charge in [0.25, 0.3) is 5.91 Å². The lowest BCUT2D eigenvalue weighted by Gasteiger charge is -2.23. The second-order valence-corrected chi connectivity index (χ2v) is 7.76. The summed E-state index contributed by atoms with van der Waals surface area (Å²) in [6, 6.07) is 8.98. The number of thioether (sulfide) groups is 1. The van der Waals surface area contributed by atoms with Gasteiger partial charge in [0, 0.05) is 17.3 Å². The third-order valence-corrected chi connectivity index (χ3v) is 5.96. The van der Waals surface area contributed by atoms with Gasteiger partial charge in [-0.1, -0.05) is 6.07 Å². The van der Waals surface area contributed by atoms with Crippen LogP contribution in [0.15, 0.2) is 30.5 Å². The molecule has 1 aromatic carbocycles. The molecule has 3 heterocycles. The van der Waals surface area contributed by atoms with Crippen molar-refractivity contribution in [2.45, 2.75) is 12.1 Å². The molecule has 1 aromatic heterocycles. The topological polar surface area (TPSA) is 105 Å². The number of carbonyl (C=O) groups is 2. The number of benzene rings is 1. The molecule has 2 atom stereocenters. The molecule has 9 heteroatoms. The standard InChI is InChI=1S/C20H20N4O4S/c21-8-14-11-29-12-24(14)19(25)9-23-20(26)15-3-4-22-17-2-1-13(7-16(15)17)18-10-27-5-6-28-18/h1-4,7,14,18H,5-6,9-12H2,(H,23,26)/t14-,18-/m1/s1. The van der Waals surface area contributed by atoms with Crippen molar-refractivity contribution in [2.75, 3.05) is 38.0 Å². The van der Waals surface area contributed by atoms with E-state index in [0.717, 1.165) is 5.56 Å². The van der Waals surface area contributed by atoms with E-state index in [9.17, 15) is 9.59 Å². The van der Waals surface area contributed by atoms with Crippen LogP contribution in [0.2, 0.25) is 0 Å². The lowest BCUT2D eigenvalue weighted by Crippen LogP contribution is -2.42. The van der Waals surface area contributed by atoms with Gasteiger partial charge < -0.3 is 19.7 Å². The van der Waals surface area contributed by atoms with Gasteiger partial charge in [-0.2, -0.15) is 5.26 Å². The van der Waals surface area contributed by atoms with Crippen molar-refractivity contribution in [3.63, 3.8) is 0 Å². The van der Waals surface area contributed by atoms with E-state index in [0.29, 0.717) is 47.9 Å². The lowest BCUT2D eigenvalue weighted by molar-refractivity contribution is -0.129. The van der Waals surface area contributed by atoms with Gasteiger partial charge in [0.2, 0.25) is 5.91 Å². The summed E-state index contributed by atoms with van der Waals surface area (Å²) in [7, 11) is 0. The van der Waals surface area contributed by atoms with Gasteiger partial charge >= 0.3 is 0 Å². The Balaban J connectivity index is 1.51. The fraction of sp³-hybridized carbons (Fsp3) is 0.400. The molecule has 150 valence electrons. The van der Waals surface area contributed by atoms with Gasteiger partial charge in [0.05, 0.1) is 49.4 Å². The predicted octanol–water partition coefficient (Wildman–Crippen LogP) is 1.48. The highest BCUT2D eigenvalue weighted by molar-refractivity contribution is 7.99. The zero-order chi connectivity index (χ0) is 20.2. The molecule has 0 spiro atoms. The van der Waals surface area contributed by atoms with Gasteiger partial charge in [-0.05, 0) is 23.8 Å². The summed E-state index contributed by atoms with van der Waals surface area (Å²) in [6.45, 7) is 1.43. The van der Waals surface area contributed by atoms with E-state index in [1.807, 2.05) is 18.2 Å². The zero-order valence-corrected chi connectivity index (χ0v) is 16.5. The highest BCUT2D eigenvalue weighted by Gasteiger charge is 2.29. The van der Waals surface area contributed by atoms with Gasteiger partial charge in [0.15, 0.2) is 0 Å². The number of hydrogen-bond donors (Lipinski definition) is 1. The van der Waals surface area contributed by atoms with E-state index in [1.165, 1.54) is 16.7 Å². The first-order valence-corrected chi connectivity index (χ1v) is 10.5. The molecule has 2 saturated heterocycles. The number of aromatic nitrogens is 1. The normalized spacial score (nSPS) is 21.7. The van der Waals surface area contributed by atoms with Crippen LogP contribution >= 0.6 is 11.8 Å². The number of fused-ring (bicyclic) bond motifs is 1. The first-order chi connectivity index (χ1) is 14.2. The van der Waals surface area contributed by atoms with Gasteiger partial charge in [-0.3, -0.25) is 14.6 Å².